The van der Waals surface area contributed by atoms with Crippen molar-refractivity contribution in [1.29, 1.82) is 0 Å². The van der Waals surface area contributed by atoms with Crippen molar-refractivity contribution < 1.29 is 29.1 Å². The Morgan fingerprint density at radius 1 is 0.872 bits per heavy atom. The van der Waals surface area contributed by atoms with Gasteiger partial charge in [0.15, 0.2) is 0 Å². The van der Waals surface area contributed by atoms with Crippen LogP contribution in [-0.4, -0.2) is 71.3 Å². The van der Waals surface area contributed by atoms with Crippen LogP contribution in [0.5, 0.6) is 5.75 Å². The summed E-state index contributed by atoms with van der Waals surface area (Å²) in [5.74, 6) is -2.60. The fourth-order valence-electron chi connectivity index (χ4n) is 3.52. The van der Waals surface area contributed by atoms with E-state index in [1.54, 1.807) is 31.2 Å². The van der Waals surface area contributed by atoms with E-state index in [0.29, 0.717) is 0 Å². The number of carbonyl (C=O) groups excluding carboxylic acids is 5. The van der Waals surface area contributed by atoms with Crippen LogP contribution in [0, 0.1) is 0 Å². The van der Waals surface area contributed by atoms with E-state index in [4.69, 9.17) is 5.73 Å². The molecule has 3 atom stereocenters. The highest BCUT2D eigenvalue weighted by atomic mass is 16.3. The molecule has 0 aromatic heterocycles. The summed E-state index contributed by atoms with van der Waals surface area (Å²) in [6.45, 7) is 2.67. The molecule has 0 heterocycles. The smallest absolute Gasteiger partial charge is 0.261 e. The standard InChI is InChI=1S/C27H36N6O6/c1-4-23(35)31-32-27(39)22(15-18-8-6-5-7-9-18)33(3)24(36)16-29-25(37)17(2)30-26(38)21(28)14-19-10-12-20(34)13-11-19/h5-13,17,21-22,34H,4,14-16,28H2,1-3H3,(H,29,37)(H,30,38)(H,31,35)(H,32,39)/t17-,21+,22+/m1/s1. The molecule has 39 heavy (non-hydrogen) atoms. The molecule has 0 fully saturated rings. The SMILES string of the molecule is CCC(=O)NNC(=O)[C@H](Cc1ccccc1)N(C)C(=O)CNC(=O)[C@@H](C)NC(=O)[C@@H](N)Cc1ccc(O)cc1. The summed E-state index contributed by atoms with van der Waals surface area (Å²) in [7, 11) is 1.43. The largest absolute Gasteiger partial charge is 0.508 e. The number of benzene rings is 2. The zero-order chi connectivity index (χ0) is 28.9. The Kier molecular flexibility index (Phi) is 11.9. The summed E-state index contributed by atoms with van der Waals surface area (Å²) in [6.07, 6.45) is 0.546. The molecule has 5 amide bonds. The number of phenolic OH excluding ortho intramolecular Hbond substituents is 1. The predicted octanol–water partition coefficient (Wildman–Crippen LogP) is -0.490. The van der Waals surface area contributed by atoms with Gasteiger partial charge in [-0.25, -0.2) is 0 Å². The van der Waals surface area contributed by atoms with Crippen LogP contribution >= 0.6 is 0 Å². The predicted molar refractivity (Wildman–Crippen MR) is 144 cm³/mol. The van der Waals surface area contributed by atoms with Crippen molar-refractivity contribution in [3.63, 3.8) is 0 Å². The molecule has 7 N–H and O–H groups in total. The molecule has 0 radical (unpaired) electrons. The van der Waals surface area contributed by atoms with Crippen molar-refractivity contribution in [2.45, 2.75) is 51.2 Å². The third-order valence-corrected chi connectivity index (χ3v) is 5.98. The minimum atomic E-state index is -0.978. The van der Waals surface area contributed by atoms with Crippen LogP contribution in [0.1, 0.15) is 31.4 Å². The maximum absolute atomic E-state index is 12.9. The van der Waals surface area contributed by atoms with Gasteiger partial charge in [-0.2, -0.15) is 0 Å². The van der Waals surface area contributed by atoms with E-state index in [1.807, 2.05) is 18.2 Å². The van der Waals surface area contributed by atoms with Crippen molar-refractivity contribution in [2.75, 3.05) is 13.6 Å². The number of nitrogens with zero attached hydrogens (tertiary/aromatic N) is 1. The topological polar surface area (TPSA) is 183 Å². The van der Waals surface area contributed by atoms with Gasteiger partial charge in [0.25, 0.3) is 5.91 Å². The molecular weight excluding hydrogens is 504 g/mol. The van der Waals surface area contributed by atoms with Crippen LogP contribution in [-0.2, 0) is 36.8 Å². The summed E-state index contributed by atoms with van der Waals surface area (Å²) in [4.78, 5) is 63.4. The Hall–Kier alpha value is -4.45. The minimum Gasteiger partial charge on any atom is -0.508 e. The van der Waals surface area contributed by atoms with Gasteiger partial charge in [-0.05, 0) is 36.6 Å². The van der Waals surface area contributed by atoms with Gasteiger partial charge in [0.1, 0.15) is 17.8 Å². The lowest BCUT2D eigenvalue weighted by Gasteiger charge is -2.28. The normalized spacial score (nSPS) is 12.8. The highest BCUT2D eigenvalue weighted by Crippen LogP contribution is 2.11. The number of aromatic hydroxyl groups is 1. The van der Waals surface area contributed by atoms with Crippen LogP contribution < -0.4 is 27.2 Å². The number of hydrazine groups is 1. The van der Waals surface area contributed by atoms with Gasteiger partial charge in [-0.1, -0.05) is 49.4 Å². The second-order valence-corrected chi connectivity index (χ2v) is 9.03. The quantitative estimate of drug-likeness (QED) is 0.196. The Labute approximate surface area is 227 Å². The lowest BCUT2D eigenvalue weighted by molar-refractivity contribution is -0.140. The number of nitrogens with two attached hydrogens (primary N) is 1. The molecule has 2 aromatic carbocycles. The first-order valence-electron chi connectivity index (χ1n) is 12.5. The first-order chi connectivity index (χ1) is 18.5. The summed E-state index contributed by atoms with van der Waals surface area (Å²) in [5.41, 5.74) is 12.1. The summed E-state index contributed by atoms with van der Waals surface area (Å²) in [5, 5.41) is 14.3. The Bertz CT molecular complexity index is 1140. The molecule has 0 saturated carbocycles. The Morgan fingerprint density at radius 2 is 1.49 bits per heavy atom. The number of nitrogens with one attached hydrogen (secondary N) is 4. The van der Waals surface area contributed by atoms with E-state index >= 15 is 0 Å². The summed E-state index contributed by atoms with van der Waals surface area (Å²) >= 11 is 0. The average molecular weight is 541 g/mol. The summed E-state index contributed by atoms with van der Waals surface area (Å²) in [6, 6.07) is 12.4. The molecule has 0 aliphatic rings. The van der Waals surface area contributed by atoms with Crippen LogP contribution in [0.2, 0.25) is 0 Å². The molecule has 210 valence electrons. The van der Waals surface area contributed by atoms with Gasteiger partial charge in [0.05, 0.1) is 12.6 Å². The van der Waals surface area contributed by atoms with E-state index in [1.165, 1.54) is 31.0 Å². The summed E-state index contributed by atoms with van der Waals surface area (Å²) < 4.78 is 0. The third-order valence-electron chi connectivity index (χ3n) is 5.98. The molecule has 0 bridgehead atoms. The monoisotopic (exact) mass is 540 g/mol. The van der Waals surface area contributed by atoms with Gasteiger partial charge in [0, 0.05) is 19.9 Å². The Balaban J connectivity index is 1.93. The van der Waals surface area contributed by atoms with Gasteiger partial charge < -0.3 is 26.4 Å². The third kappa shape index (κ3) is 10.1. The zero-order valence-electron chi connectivity index (χ0n) is 22.3. The molecular formula is C27H36N6O6. The van der Waals surface area contributed by atoms with E-state index in [0.717, 1.165) is 11.1 Å². The number of hydrogen-bond donors (Lipinski definition) is 6. The number of hydrogen-bond acceptors (Lipinski definition) is 7. The van der Waals surface area contributed by atoms with Crippen molar-refractivity contribution in [3.8, 4) is 5.75 Å². The average Bonchev–Trinajstić information content (AvgIpc) is 2.94. The molecule has 0 aliphatic carbocycles. The van der Waals surface area contributed by atoms with Gasteiger partial charge >= 0.3 is 0 Å². The second-order valence-electron chi connectivity index (χ2n) is 9.03. The fraction of sp³-hybridized carbons (Fsp3) is 0.370. The molecule has 2 aromatic rings. The van der Waals surface area contributed by atoms with Crippen molar-refractivity contribution in [3.05, 3.63) is 65.7 Å². The number of rotatable bonds is 12. The van der Waals surface area contributed by atoms with Crippen molar-refractivity contribution >= 4 is 29.5 Å². The van der Waals surface area contributed by atoms with Crippen LogP contribution in [0.3, 0.4) is 0 Å². The van der Waals surface area contributed by atoms with Crippen molar-refractivity contribution in [2.24, 2.45) is 5.73 Å². The van der Waals surface area contributed by atoms with Gasteiger partial charge in [-0.15, -0.1) is 0 Å². The molecule has 12 heteroatoms. The Morgan fingerprint density at radius 3 is 2.10 bits per heavy atom. The number of likely N-dealkylation sites (N-methyl/N-ethyl adjacent to an activating group) is 1. The minimum absolute atomic E-state index is 0.0949. The molecule has 2 rings (SSSR count). The molecule has 0 spiro atoms. The van der Waals surface area contributed by atoms with E-state index < -0.39 is 48.3 Å². The maximum atomic E-state index is 12.9. The number of amides is 5. The fourth-order valence-corrected chi connectivity index (χ4v) is 3.52. The lowest BCUT2D eigenvalue weighted by Crippen LogP contribution is -2.56. The zero-order valence-corrected chi connectivity index (χ0v) is 22.3. The van der Waals surface area contributed by atoms with Crippen LogP contribution in [0.15, 0.2) is 54.6 Å². The molecule has 0 saturated heterocycles. The highest BCUT2D eigenvalue weighted by molar-refractivity contribution is 5.93. The van der Waals surface area contributed by atoms with Gasteiger partial charge in [-0.3, -0.25) is 34.8 Å². The van der Waals surface area contributed by atoms with E-state index in [9.17, 15) is 29.1 Å². The maximum Gasteiger partial charge on any atom is 0.261 e. The second kappa shape index (κ2) is 15.1. The number of phenols is 1. The highest BCUT2D eigenvalue weighted by Gasteiger charge is 2.28. The lowest BCUT2D eigenvalue weighted by atomic mass is 10.0. The first-order valence-corrected chi connectivity index (χ1v) is 12.5. The molecule has 0 aliphatic heterocycles. The van der Waals surface area contributed by atoms with Gasteiger partial charge in [0.2, 0.25) is 23.6 Å². The first kappa shape index (κ1) is 30.8. The van der Waals surface area contributed by atoms with Crippen molar-refractivity contribution in [1.82, 2.24) is 26.4 Å². The van der Waals surface area contributed by atoms with Crippen LogP contribution in [0.25, 0.3) is 0 Å². The molecule has 0 unspecified atom stereocenters. The van der Waals surface area contributed by atoms with Crippen LogP contribution in [0.4, 0.5) is 0 Å². The molecule has 12 nitrogen and oxygen atoms in total. The van der Waals surface area contributed by atoms with E-state index in [-0.39, 0.29) is 30.9 Å². The van der Waals surface area contributed by atoms with E-state index in [2.05, 4.69) is 21.5 Å². The number of carbonyl (C=O) groups is 5.